The molecule has 0 radical (unpaired) electrons. The number of sulfone groups is 1. The number of esters is 1. The van der Waals surface area contributed by atoms with Crippen molar-refractivity contribution in [3.8, 4) is 0 Å². The van der Waals surface area contributed by atoms with E-state index >= 15 is 0 Å². The van der Waals surface area contributed by atoms with E-state index in [2.05, 4.69) is 5.32 Å². The molecular weight excluding hydrogens is 444 g/mol. The van der Waals surface area contributed by atoms with E-state index in [4.69, 9.17) is 4.74 Å². The van der Waals surface area contributed by atoms with Crippen molar-refractivity contribution in [3.05, 3.63) is 29.8 Å². The molecule has 2 aliphatic heterocycles. The van der Waals surface area contributed by atoms with Gasteiger partial charge in [-0.15, -0.1) is 0 Å². The van der Waals surface area contributed by atoms with Crippen LogP contribution in [0.4, 0.5) is 0 Å². The topological polar surface area (TPSA) is 127 Å². The number of benzene rings is 1. The number of carbonyl (C=O) groups is 2. The van der Waals surface area contributed by atoms with Gasteiger partial charge in [-0.25, -0.2) is 21.6 Å². The van der Waals surface area contributed by atoms with Crippen LogP contribution in [0.2, 0.25) is 0 Å². The highest BCUT2D eigenvalue weighted by Crippen LogP contribution is 2.26. The highest BCUT2D eigenvalue weighted by molar-refractivity contribution is 7.91. The van der Waals surface area contributed by atoms with Gasteiger partial charge >= 0.3 is 5.97 Å². The molecular formula is C20H28N2O7S2. The third-order valence-corrected chi connectivity index (χ3v) is 9.11. The lowest BCUT2D eigenvalue weighted by Crippen LogP contribution is -2.42. The van der Waals surface area contributed by atoms with Crippen LogP contribution < -0.4 is 5.32 Å². The van der Waals surface area contributed by atoms with Gasteiger partial charge in [0.1, 0.15) is 0 Å². The van der Waals surface area contributed by atoms with Crippen molar-refractivity contribution in [2.75, 3.05) is 31.2 Å². The molecule has 2 heterocycles. The second kappa shape index (κ2) is 9.25. The molecule has 0 aliphatic carbocycles. The zero-order valence-corrected chi connectivity index (χ0v) is 19.2. The summed E-state index contributed by atoms with van der Waals surface area (Å²) in [6.45, 7) is 4.44. The van der Waals surface area contributed by atoms with Crippen LogP contribution in [0, 0.1) is 11.8 Å². The monoisotopic (exact) mass is 472 g/mol. The average Bonchev–Trinajstić information content (AvgIpc) is 3.03. The Labute approximate surface area is 183 Å². The van der Waals surface area contributed by atoms with Crippen LogP contribution in [0.25, 0.3) is 0 Å². The van der Waals surface area contributed by atoms with Gasteiger partial charge in [0.15, 0.2) is 16.4 Å². The predicted octanol–water partition coefficient (Wildman–Crippen LogP) is 0.813. The number of nitrogens with zero attached hydrogens (tertiary/aromatic N) is 1. The van der Waals surface area contributed by atoms with Gasteiger partial charge < -0.3 is 10.1 Å². The molecule has 172 valence electrons. The first-order chi connectivity index (χ1) is 14.5. The van der Waals surface area contributed by atoms with Gasteiger partial charge in [0.05, 0.1) is 22.0 Å². The van der Waals surface area contributed by atoms with Gasteiger partial charge in [-0.1, -0.05) is 13.8 Å². The molecule has 1 aromatic carbocycles. The van der Waals surface area contributed by atoms with Crippen molar-refractivity contribution in [2.24, 2.45) is 11.8 Å². The maximum Gasteiger partial charge on any atom is 0.338 e. The number of sulfonamides is 1. The Morgan fingerprint density at radius 1 is 1.13 bits per heavy atom. The molecule has 2 saturated heterocycles. The fourth-order valence-corrected chi connectivity index (χ4v) is 7.46. The zero-order valence-electron chi connectivity index (χ0n) is 17.6. The number of ether oxygens (including phenoxy) is 1. The van der Waals surface area contributed by atoms with Crippen LogP contribution >= 0.6 is 0 Å². The second-order valence-corrected chi connectivity index (χ2v) is 12.7. The number of hydrogen-bond donors (Lipinski definition) is 1. The van der Waals surface area contributed by atoms with Gasteiger partial charge in [-0.05, 0) is 48.9 Å². The lowest BCUT2D eigenvalue weighted by Gasteiger charge is -2.34. The lowest BCUT2D eigenvalue weighted by atomic mass is 9.94. The first-order valence-electron chi connectivity index (χ1n) is 10.2. The molecule has 9 nitrogen and oxygen atoms in total. The first kappa shape index (κ1) is 23.7. The Hall–Kier alpha value is -1.98. The van der Waals surface area contributed by atoms with Gasteiger partial charge in [-0.2, -0.15) is 4.31 Å². The van der Waals surface area contributed by atoms with Crippen LogP contribution in [0.3, 0.4) is 0 Å². The smallest absolute Gasteiger partial charge is 0.338 e. The normalized spacial score (nSPS) is 26.3. The largest absolute Gasteiger partial charge is 0.452 e. The Bertz CT molecular complexity index is 1030. The first-order valence-corrected chi connectivity index (χ1v) is 13.5. The van der Waals surface area contributed by atoms with Gasteiger partial charge in [0.2, 0.25) is 10.0 Å². The molecule has 0 aromatic heterocycles. The maximum atomic E-state index is 12.9. The standard InChI is InChI=1S/C20H28N2O7S2/c1-14-9-15(2)11-22(10-14)31(27,28)18-5-3-16(4-6-18)20(24)29-12-19(23)21-17-7-8-30(25,26)13-17/h3-6,14-15,17H,7-13H2,1-2H3,(H,21,23)/t14-,15-,17+/m1/s1. The van der Waals surface area contributed by atoms with E-state index in [1.54, 1.807) is 0 Å². The quantitative estimate of drug-likeness (QED) is 0.607. The van der Waals surface area contributed by atoms with E-state index in [9.17, 15) is 26.4 Å². The maximum absolute atomic E-state index is 12.9. The molecule has 3 atom stereocenters. The third kappa shape index (κ3) is 6.05. The molecule has 0 bridgehead atoms. The van der Waals surface area contributed by atoms with Crippen LogP contribution in [0.1, 0.15) is 37.0 Å². The minimum Gasteiger partial charge on any atom is -0.452 e. The van der Waals surface area contributed by atoms with Crippen molar-refractivity contribution < 1.29 is 31.2 Å². The summed E-state index contributed by atoms with van der Waals surface area (Å²) in [7, 11) is -6.77. The van der Waals surface area contributed by atoms with Crippen molar-refractivity contribution >= 4 is 31.7 Å². The Kier molecular flexibility index (Phi) is 7.07. The molecule has 3 rings (SSSR count). The molecule has 0 unspecified atom stereocenters. The van der Waals surface area contributed by atoms with Crippen molar-refractivity contribution in [3.63, 3.8) is 0 Å². The van der Waals surface area contributed by atoms with Crippen LogP contribution in [0.15, 0.2) is 29.2 Å². The number of amides is 1. The molecule has 0 saturated carbocycles. The summed E-state index contributed by atoms with van der Waals surface area (Å²) in [5.41, 5.74) is 0.121. The van der Waals surface area contributed by atoms with E-state index in [-0.39, 0.29) is 33.8 Å². The SMILES string of the molecule is C[C@@H]1C[C@@H](C)CN(S(=O)(=O)c2ccc(C(=O)OCC(=O)N[C@H]3CCS(=O)(=O)C3)cc2)C1. The summed E-state index contributed by atoms with van der Waals surface area (Å²) < 4.78 is 55.1. The Balaban J connectivity index is 1.55. The van der Waals surface area contributed by atoms with E-state index in [0.717, 1.165) is 6.42 Å². The van der Waals surface area contributed by atoms with Crippen molar-refractivity contribution in [2.45, 2.75) is 37.6 Å². The molecule has 2 aliphatic rings. The average molecular weight is 473 g/mol. The van der Waals surface area contributed by atoms with Gasteiger partial charge in [-0.3, -0.25) is 4.79 Å². The summed E-state index contributed by atoms with van der Waals surface area (Å²) in [6, 6.07) is 4.96. The van der Waals surface area contributed by atoms with E-state index in [1.807, 2.05) is 13.8 Å². The summed E-state index contributed by atoms with van der Waals surface area (Å²) in [6.07, 6.45) is 1.33. The third-order valence-electron chi connectivity index (χ3n) is 5.50. The molecule has 2 fully saturated rings. The van der Waals surface area contributed by atoms with E-state index in [1.165, 1.54) is 28.6 Å². The highest BCUT2D eigenvalue weighted by Gasteiger charge is 2.32. The van der Waals surface area contributed by atoms with Crippen LogP contribution in [0.5, 0.6) is 0 Å². The number of hydrogen-bond acceptors (Lipinski definition) is 7. The number of rotatable bonds is 6. The molecule has 0 spiro atoms. The molecule has 1 aromatic rings. The molecule has 11 heteroatoms. The fraction of sp³-hybridized carbons (Fsp3) is 0.600. The summed E-state index contributed by atoms with van der Waals surface area (Å²) in [5.74, 6) is -0.868. The molecule has 31 heavy (non-hydrogen) atoms. The zero-order chi connectivity index (χ0) is 22.8. The van der Waals surface area contributed by atoms with E-state index in [0.29, 0.717) is 19.5 Å². The van der Waals surface area contributed by atoms with E-state index < -0.39 is 44.4 Å². The molecule has 1 amide bonds. The molecule has 1 N–H and O–H groups in total. The summed E-state index contributed by atoms with van der Waals surface area (Å²) in [4.78, 5) is 24.2. The number of carbonyl (C=O) groups excluding carboxylic acids is 2. The minimum absolute atomic E-state index is 0.0300. The fourth-order valence-electron chi connectivity index (χ4n) is 4.11. The van der Waals surface area contributed by atoms with Gasteiger partial charge in [0.25, 0.3) is 5.91 Å². The van der Waals surface area contributed by atoms with Crippen molar-refractivity contribution in [1.29, 1.82) is 0 Å². The summed E-state index contributed by atoms with van der Waals surface area (Å²) >= 11 is 0. The highest BCUT2D eigenvalue weighted by atomic mass is 32.2. The van der Waals surface area contributed by atoms with Gasteiger partial charge in [0, 0.05) is 19.1 Å². The predicted molar refractivity (Wildman–Crippen MR) is 114 cm³/mol. The van der Waals surface area contributed by atoms with Crippen molar-refractivity contribution in [1.82, 2.24) is 9.62 Å². The number of piperidine rings is 1. The second-order valence-electron chi connectivity index (χ2n) is 8.54. The Morgan fingerprint density at radius 3 is 2.29 bits per heavy atom. The lowest BCUT2D eigenvalue weighted by molar-refractivity contribution is -0.124. The number of nitrogens with one attached hydrogen (secondary N) is 1. The van der Waals surface area contributed by atoms with Crippen LogP contribution in [-0.4, -0.2) is 70.3 Å². The minimum atomic E-state index is -3.65. The summed E-state index contributed by atoms with van der Waals surface area (Å²) in [5, 5.41) is 2.53. The van der Waals surface area contributed by atoms with Crippen LogP contribution in [-0.2, 0) is 29.4 Å². The Morgan fingerprint density at radius 2 is 1.74 bits per heavy atom.